The van der Waals surface area contributed by atoms with Crippen LogP contribution in [0.5, 0.6) is 0 Å². The lowest BCUT2D eigenvalue weighted by Crippen LogP contribution is -2.15. The molecule has 0 aromatic carbocycles. The quantitative estimate of drug-likeness (QED) is 0.597. The summed E-state index contributed by atoms with van der Waals surface area (Å²) in [5.74, 6) is 0.514. The van der Waals surface area contributed by atoms with Crippen molar-refractivity contribution in [3.05, 3.63) is 29.6 Å². The molecule has 1 rings (SSSR count). The van der Waals surface area contributed by atoms with Crippen molar-refractivity contribution in [1.82, 2.24) is 4.98 Å². The molecule has 1 aromatic heterocycles. The van der Waals surface area contributed by atoms with Crippen molar-refractivity contribution >= 4 is 5.78 Å². The van der Waals surface area contributed by atoms with Crippen LogP contribution < -0.4 is 0 Å². The Morgan fingerprint density at radius 1 is 1.48 bits per heavy atom. The first-order chi connectivity index (χ1) is 9.90. The Balaban J connectivity index is 2.75. The Morgan fingerprint density at radius 2 is 2.19 bits per heavy atom. The summed E-state index contributed by atoms with van der Waals surface area (Å²) in [6, 6.07) is 3.54. The number of hydrogen-bond donors (Lipinski definition) is 0. The topological polar surface area (TPSA) is 63.0 Å². The zero-order valence-electron chi connectivity index (χ0n) is 10.9. The van der Waals surface area contributed by atoms with Crippen LogP contribution in [-0.2, 0) is 15.7 Å². The largest absolute Gasteiger partial charge is 0.417 e. The average molecular weight is 296 g/mol. The molecule has 0 aliphatic carbocycles. The fourth-order valence-electron chi connectivity index (χ4n) is 1.50. The summed E-state index contributed by atoms with van der Waals surface area (Å²) in [4.78, 5) is 15.3. The van der Waals surface area contributed by atoms with Crippen LogP contribution in [-0.4, -0.2) is 24.0 Å². The number of terminal acetylenes is 1. The highest BCUT2D eigenvalue weighted by Gasteiger charge is 2.31. The van der Waals surface area contributed by atoms with Crippen molar-refractivity contribution in [2.24, 2.45) is 0 Å². The van der Waals surface area contributed by atoms with Gasteiger partial charge in [0.1, 0.15) is 12.5 Å². The van der Waals surface area contributed by atoms with Gasteiger partial charge in [0.2, 0.25) is 0 Å². The number of Topliss-reactive ketones (excluding diaryl/α,β-unsaturated/α-hetero) is 1. The molecular weight excluding hydrogens is 285 g/mol. The van der Waals surface area contributed by atoms with Crippen molar-refractivity contribution in [2.75, 3.05) is 13.2 Å². The van der Waals surface area contributed by atoms with Crippen LogP contribution in [0, 0.1) is 23.7 Å². The first-order valence-electron chi connectivity index (χ1n) is 5.86. The second-order valence-corrected chi connectivity index (χ2v) is 4.00. The minimum Gasteiger partial charge on any atom is -0.368 e. The lowest BCUT2D eigenvalue weighted by molar-refractivity contribution is -0.137. The third-order valence-corrected chi connectivity index (χ3v) is 2.54. The zero-order valence-corrected chi connectivity index (χ0v) is 10.9. The van der Waals surface area contributed by atoms with E-state index >= 15 is 0 Å². The van der Waals surface area contributed by atoms with Gasteiger partial charge in [-0.05, 0) is 12.1 Å². The number of carbonyl (C=O) groups excluding carboxylic acids is 1. The molecule has 21 heavy (non-hydrogen) atoms. The van der Waals surface area contributed by atoms with Gasteiger partial charge >= 0.3 is 6.18 Å². The molecule has 1 heterocycles. The minimum absolute atomic E-state index is 0.0209. The predicted molar refractivity (Wildman–Crippen MR) is 66.9 cm³/mol. The van der Waals surface area contributed by atoms with Crippen molar-refractivity contribution in [2.45, 2.75) is 18.5 Å². The number of ether oxygens (including phenoxy) is 1. The van der Waals surface area contributed by atoms with E-state index in [1.807, 2.05) is 0 Å². The molecule has 0 aliphatic heterocycles. The average Bonchev–Trinajstić information content (AvgIpc) is 2.44. The van der Waals surface area contributed by atoms with Gasteiger partial charge in [0, 0.05) is 12.6 Å². The Morgan fingerprint density at radius 3 is 2.67 bits per heavy atom. The van der Waals surface area contributed by atoms with E-state index < -0.39 is 23.4 Å². The molecule has 0 saturated carbocycles. The van der Waals surface area contributed by atoms with E-state index in [0.717, 1.165) is 12.1 Å². The number of ketones is 1. The van der Waals surface area contributed by atoms with Crippen LogP contribution in [0.2, 0.25) is 0 Å². The van der Waals surface area contributed by atoms with Crippen molar-refractivity contribution in [1.29, 1.82) is 5.26 Å². The first-order valence-corrected chi connectivity index (χ1v) is 5.86. The molecule has 0 radical (unpaired) electrons. The second-order valence-electron chi connectivity index (χ2n) is 4.00. The van der Waals surface area contributed by atoms with Crippen molar-refractivity contribution < 1.29 is 22.7 Å². The van der Waals surface area contributed by atoms with Gasteiger partial charge < -0.3 is 4.74 Å². The van der Waals surface area contributed by atoms with Gasteiger partial charge in [0.05, 0.1) is 23.9 Å². The number of rotatable bonds is 6. The number of halogens is 3. The molecule has 0 fully saturated rings. The van der Waals surface area contributed by atoms with E-state index in [1.165, 1.54) is 0 Å². The lowest BCUT2D eigenvalue weighted by Gasteiger charge is -2.10. The molecule has 1 aromatic rings. The molecule has 0 amide bonds. The number of pyridine rings is 1. The molecule has 0 spiro atoms. The molecule has 0 bridgehead atoms. The molecule has 0 aliphatic rings. The SMILES string of the molecule is C#CCOCCC(=O)[C@H](C#N)c1ccc(C(F)(F)F)cn1. The van der Waals surface area contributed by atoms with Gasteiger partial charge in [-0.25, -0.2) is 0 Å². The Labute approximate surface area is 119 Å². The number of alkyl halides is 3. The summed E-state index contributed by atoms with van der Waals surface area (Å²) >= 11 is 0. The number of nitriles is 1. The van der Waals surface area contributed by atoms with Gasteiger partial charge in [-0.1, -0.05) is 5.92 Å². The van der Waals surface area contributed by atoms with Crippen LogP contribution in [0.25, 0.3) is 0 Å². The fraction of sp³-hybridized carbons (Fsp3) is 0.357. The molecule has 0 N–H and O–H groups in total. The lowest BCUT2D eigenvalue weighted by atomic mass is 9.98. The van der Waals surface area contributed by atoms with Crippen molar-refractivity contribution in [3.63, 3.8) is 0 Å². The summed E-state index contributed by atoms with van der Waals surface area (Å²) in [6.45, 7) is 0.0882. The van der Waals surface area contributed by atoms with Gasteiger partial charge in [0.15, 0.2) is 5.78 Å². The highest BCUT2D eigenvalue weighted by molar-refractivity contribution is 5.88. The van der Waals surface area contributed by atoms with Gasteiger partial charge in [-0.3, -0.25) is 9.78 Å². The third kappa shape index (κ3) is 4.90. The van der Waals surface area contributed by atoms with Gasteiger partial charge in [-0.15, -0.1) is 6.42 Å². The van der Waals surface area contributed by atoms with Crippen LogP contribution >= 0.6 is 0 Å². The fourth-order valence-corrected chi connectivity index (χ4v) is 1.50. The van der Waals surface area contributed by atoms with Crippen LogP contribution in [0.15, 0.2) is 18.3 Å². The van der Waals surface area contributed by atoms with Gasteiger partial charge in [0.25, 0.3) is 0 Å². The maximum absolute atomic E-state index is 12.4. The normalized spacial score (nSPS) is 12.2. The van der Waals surface area contributed by atoms with E-state index in [4.69, 9.17) is 16.4 Å². The van der Waals surface area contributed by atoms with E-state index in [0.29, 0.717) is 6.20 Å². The number of nitrogens with zero attached hydrogens (tertiary/aromatic N) is 2. The highest BCUT2D eigenvalue weighted by atomic mass is 19.4. The van der Waals surface area contributed by atoms with E-state index in [-0.39, 0.29) is 25.3 Å². The monoisotopic (exact) mass is 296 g/mol. The molecule has 0 unspecified atom stereocenters. The molecule has 7 heteroatoms. The number of aromatic nitrogens is 1. The molecule has 1 atom stereocenters. The molecule has 110 valence electrons. The van der Waals surface area contributed by atoms with Crippen molar-refractivity contribution in [3.8, 4) is 18.4 Å². The maximum Gasteiger partial charge on any atom is 0.417 e. The Hall–Kier alpha value is -2.38. The Kier molecular flexibility index (Phi) is 5.89. The molecular formula is C14H11F3N2O2. The van der Waals surface area contributed by atoms with E-state index in [2.05, 4.69) is 10.9 Å². The maximum atomic E-state index is 12.4. The number of hydrogen-bond acceptors (Lipinski definition) is 4. The van der Waals surface area contributed by atoms with Crippen LogP contribution in [0.4, 0.5) is 13.2 Å². The summed E-state index contributed by atoms with van der Waals surface area (Å²) < 4.78 is 42.1. The second kappa shape index (κ2) is 7.41. The van der Waals surface area contributed by atoms with E-state index in [9.17, 15) is 18.0 Å². The Bertz CT molecular complexity index is 568. The minimum atomic E-state index is -4.51. The summed E-state index contributed by atoms with van der Waals surface area (Å²) in [6.07, 6.45) is 0.977. The number of carbonyl (C=O) groups is 1. The van der Waals surface area contributed by atoms with Crippen LogP contribution in [0.3, 0.4) is 0 Å². The summed E-state index contributed by atoms with van der Waals surface area (Å²) in [7, 11) is 0. The van der Waals surface area contributed by atoms with E-state index in [1.54, 1.807) is 6.07 Å². The van der Waals surface area contributed by atoms with Crippen LogP contribution in [0.1, 0.15) is 23.6 Å². The molecule has 4 nitrogen and oxygen atoms in total. The first kappa shape index (κ1) is 16.7. The zero-order chi connectivity index (χ0) is 15.9. The smallest absolute Gasteiger partial charge is 0.368 e. The van der Waals surface area contributed by atoms with Gasteiger partial charge in [-0.2, -0.15) is 18.4 Å². The molecule has 0 saturated heterocycles. The summed E-state index contributed by atoms with van der Waals surface area (Å²) in [5, 5.41) is 8.98. The third-order valence-electron chi connectivity index (χ3n) is 2.54. The predicted octanol–water partition coefficient (Wildman–Crippen LogP) is 2.32. The highest BCUT2D eigenvalue weighted by Crippen LogP contribution is 2.29. The summed E-state index contributed by atoms with van der Waals surface area (Å²) in [5.41, 5.74) is -0.958. The standard InChI is InChI=1S/C14H11F3N2O2/c1-2-6-21-7-5-13(20)11(8-18)12-4-3-10(9-19-12)14(15,16)17/h1,3-4,9,11H,5-7H2/t11-/m1/s1.